The lowest BCUT2D eigenvalue weighted by atomic mass is 9.99. The van der Waals surface area contributed by atoms with Crippen molar-refractivity contribution < 1.29 is 4.79 Å². The Morgan fingerprint density at radius 2 is 1.89 bits per heavy atom. The first-order valence-electron chi connectivity index (χ1n) is 8.25. The summed E-state index contributed by atoms with van der Waals surface area (Å²) < 4.78 is 0. The third-order valence-electron chi connectivity index (χ3n) is 4.01. The number of hydrogen-bond donors (Lipinski definition) is 2. The Hall–Kier alpha value is -0.570. The maximum atomic E-state index is 11.7. The minimum atomic E-state index is 0.232. The van der Waals surface area contributed by atoms with Gasteiger partial charge in [-0.3, -0.25) is 4.79 Å². The Balaban J connectivity index is 1.95. The van der Waals surface area contributed by atoms with Crippen LogP contribution in [0.3, 0.4) is 0 Å². The highest BCUT2D eigenvalue weighted by atomic mass is 16.1. The van der Waals surface area contributed by atoms with Gasteiger partial charge in [-0.05, 0) is 26.2 Å². The van der Waals surface area contributed by atoms with E-state index in [1.165, 1.54) is 51.4 Å². The molecule has 1 rings (SSSR count). The molecule has 112 valence electrons. The molecule has 0 aromatic heterocycles. The first-order valence-corrected chi connectivity index (χ1v) is 8.25. The number of rotatable bonds is 9. The van der Waals surface area contributed by atoms with Crippen molar-refractivity contribution in [2.24, 2.45) is 0 Å². The minimum Gasteiger partial charge on any atom is -0.355 e. The molecule has 2 N–H and O–H groups in total. The Bertz CT molecular complexity index is 243. The maximum absolute atomic E-state index is 11.7. The lowest BCUT2D eigenvalue weighted by Crippen LogP contribution is -2.47. The summed E-state index contributed by atoms with van der Waals surface area (Å²) in [5.74, 6) is 0.232. The molecule has 2 unspecified atom stereocenters. The van der Waals surface area contributed by atoms with E-state index in [-0.39, 0.29) is 5.91 Å². The number of carbonyl (C=O) groups excluding carboxylic acids is 1. The fourth-order valence-corrected chi connectivity index (χ4v) is 2.79. The molecule has 0 radical (unpaired) electrons. The van der Waals surface area contributed by atoms with Crippen LogP contribution in [0.5, 0.6) is 0 Å². The molecule has 2 atom stereocenters. The van der Waals surface area contributed by atoms with Crippen LogP contribution in [0.25, 0.3) is 0 Å². The molecule has 1 saturated heterocycles. The van der Waals surface area contributed by atoms with Crippen LogP contribution < -0.4 is 10.6 Å². The van der Waals surface area contributed by atoms with Gasteiger partial charge < -0.3 is 10.6 Å². The third-order valence-corrected chi connectivity index (χ3v) is 4.01. The van der Waals surface area contributed by atoms with Crippen LogP contribution in [0.15, 0.2) is 0 Å². The highest BCUT2D eigenvalue weighted by molar-refractivity contribution is 5.75. The van der Waals surface area contributed by atoms with Gasteiger partial charge in [0.2, 0.25) is 5.91 Å². The SMILES string of the molecule is CCCCCCCCC(=O)NCC1CCCC(C)N1. The molecule has 1 aliphatic rings. The maximum Gasteiger partial charge on any atom is 0.220 e. The number of amides is 1. The summed E-state index contributed by atoms with van der Waals surface area (Å²) in [5, 5.41) is 6.62. The van der Waals surface area contributed by atoms with Crippen LogP contribution in [0.4, 0.5) is 0 Å². The first kappa shape index (κ1) is 16.5. The molecule has 3 nitrogen and oxygen atoms in total. The highest BCUT2D eigenvalue weighted by Crippen LogP contribution is 2.11. The molecule has 1 aliphatic heterocycles. The van der Waals surface area contributed by atoms with Gasteiger partial charge in [-0.1, -0.05) is 45.4 Å². The van der Waals surface area contributed by atoms with Crippen molar-refractivity contribution in [3.05, 3.63) is 0 Å². The van der Waals surface area contributed by atoms with E-state index in [2.05, 4.69) is 24.5 Å². The summed E-state index contributed by atoms with van der Waals surface area (Å²) in [6, 6.07) is 1.09. The summed E-state index contributed by atoms with van der Waals surface area (Å²) >= 11 is 0. The third kappa shape index (κ3) is 8.25. The van der Waals surface area contributed by atoms with E-state index in [9.17, 15) is 4.79 Å². The topological polar surface area (TPSA) is 41.1 Å². The van der Waals surface area contributed by atoms with Crippen molar-refractivity contribution >= 4 is 5.91 Å². The predicted molar refractivity (Wildman–Crippen MR) is 81.2 cm³/mol. The average molecular weight is 268 g/mol. The van der Waals surface area contributed by atoms with Gasteiger partial charge in [0.15, 0.2) is 0 Å². The van der Waals surface area contributed by atoms with E-state index in [1.807, 2.05) is 0 Å². The summed E-state index contributed by atoms with van der Waals surface area (Å²) in [6.45, 7) is 5.26. The summed E-state index contributed by atoms with van der Waals surface area (Å²) in [5.41, 5.74) is 0. The molecule has 0 spiro atoms. The van der Waals surface area contributed by atoms with Crippen LogP contribution in [-0.4, -0.2) is 24.5 Å². The molecular formula is C16H32N2O. The van der Waals surface area contributed by atoms with Crippen molar-refractivity contribution in [1.82, 2.24) is 10.6 Å². The van der Waals surface area contributed by atoms with Gasteiger partial charge in [-0.25, -0.2) is 0 Å². The quantitative estimate of drug-likeness (QED) is 0.629. The van der Waals surface area contributed by atoms with Gasteiger partial charge in [-0.2, -0.15) is 0 Å². The Labute approximate surface area is 118 Å². The number of nitrogens with one attached hydrogen (secondary N) is 2. The van der Waals surface area contributed by atoms with Crippen molar-refractivity contribution in [1.29, 1.82) is 0 Å². The molecule has 3 heteroatoms. The molecule has 1 fully saturated rings. The smallest absolute Gasteiger partial charge is 0.220 e. The summed E-state index contributed by atoms with van der Waals surface area (Å²) in [4.78, 5) is 11.7. The van der Waals surface area contributed by atoms with E-state index in [0.717, 1.165) is 13.0 Å². The Morgan fingerprint density at radius 1 is 1.16 bits per heavy atom. The Kier molecular flexibility index (Phi) is 8.89. The molecule has 19 heavy (non-hydrogen) atoms. The zero-order valence-electron chi connectivity index (χ0n) is 12.8. The van der Waals surface area contributed by atoms with Gasteiger partial charge in [0, 0.05) is 25.0 Å². The number of unbranched alkanes of at least 4 members (excludes halogenated alkanes) is 5. The normalized spacial score (nSPS) is 23.3. The van der Waals surface area contributed by atoms with Crippen LogP contribution in [0.2, 0.25) is 0 Å². The van der Waals surface area contributed by atoms with Crippen LogP contribution in [-0.2, 0) is 4.79 Å². The molecule has 1 amide bonds. The molecule has 0 aromatic rings. The first-order chi connectivity index (χ1) is 9.22. The second-order valence-electron chi connectivity index (χ2n) is 6.02. The van der Waals surface area contributed by atoms with Crippen molar-refractivity contribution in [2.75, 3.05) is 6.54 Å². The van der Waals surface area contributed by atoms with E-state index < -0.39 is 0 Å². The van der Waals surface area contributed by atoms with Gasteiger partial charge in [0.05, 0.1) is 0 Å². The van der Waals surface area contributed by atoms with Gasteiger partial charge in [-0.15, -0.1) is 0 Å². The zero-order chi connectivity index (χ0) is 13.9. The number of carbonyl (C=O) groups is 1. The van der Waals surface area contributed by atoms with E-state index in [1.54, 1.807) is 0 Å². The summed E-state index contributed by atoms with van der Waals surface area (Å²) in [6.07, 6.45) is 11.9. The molecule has 0 aliphatic carbocycles. The molecule has 0 saturated carbocycles. The van der Waals surface area contributed by atoms with E-state index in [4.69, 9.17) is 0 Å². The van der Waals surface area contributed by atoms with Gasteiger partial charge >= 0.3 is 0 Å². The molecule has 0 aromatic carbocycles. The fraction of sp³-hybridized carbons (Fsp3) is 0.938. The standard InChI is InChI=1S/C16H32N2O/c1-3-4-5-6-7-8-12-16(19)17-13-15-11-9-10-14(2)18-15/h14-15,18H,3-13H2,1-2H3,(H,17,19). The Morgan fingerprint density at radius 3 is 2.63 bits per heavy atom. The number of hydrogen-bond acceptors (Lipinski definition) is 2. The lowest BCUT2D eigenvalue weighted by Gasteiger charge is -2.28. The molecular weight excluding hydrogens is 236 g/mol. The zero-order valence-corrected chi connectivity index (χ0v) is 12.8. The lowest BCUT2D eigenvalue weighted by molar-refractivity contribution is -0.121. The number of piperidine rings is 1. The van der Waals surface area contributed by atoms with Crippen molar-refractivity contribution in [2.45, 2.75) is 90.1 Å². The van der Waals surface area contributed by atoms with E-state index >= 15 is 0 Å². The fourth-order valence-electron chi connectivity index (χ4n) is 2.79. The highest BCUT2D eigenvalue weighted by Gasteiger charge is 2.17. The van der Waals surface area contributed by atoms with Crippen LogP contribution in [0, 0.1) is 0 Å². The van der Waals surface area contributed by atoms with Crippen molar-refractivity contribution in [3.63, 3.8) is 0 Å². The van der Waals surface area contributed by atoms with Crippen LogP contribution in [0.1, 0.15) is 78.1 Å². The second kappa shape index (κ2) is 10.2. The minimum absolute atomic E-state index is 0.232. The molecule has 0 bridgehead atoms. The summed E-state index contributed by atoms with van der Waals surface area (Å²) in [7, 11) is 0. The average Bonchev–Trinajstić information content (AvgIpc) is 2.40. The second-order valence-corrected chi connectivity index (χ2v) is 6.02. The monoisotopic (exact) mass is 268 g/mol. The molecule has 1 heterocycles. The predicted octanol–water partition coefficient (Wildman–Crippen LogP) is 3.38. The van der Waals surface area contributed by atoms with E-state index in [0.29, 0.717) is 18.5 Å². The van der Waals surface area contributed by atoms with Crippen molar-refractivity contribution in [3.8, 4) is 0 Å². The van der Waals surface area contributed by atoms with Gasteiger partial charge in [0.1, 0.15) is 0 Å². The van der Waals surface area contributed by atoms with Gasteiger partial charge in [0.25, 0.3) is 0 Å². The largest absolute Gasteiger partial charge is 0.355 e. The van der Waals surface area contributed by atoms with Crippen LogP contribution >= 0.6 is 0 Å².